The molecule has 0 radical (unpaired) electrons. The smallest absolute Gasteiger partial charge is 0.263 e. The lowest BCUT2D eigenvalue weighted by Gasteiger charge is -2.35. The molecule has 0 aromatic carbocycles. The second-order valence-electron chi connectivity index (χ2n) is 7.68. The zero-order valence-electron chi connectivity index (χ0n) is 16.7. The highest BCUT2D eigenvalue weighted by Gasteiger charge is 2.27. The van der Waals surface area contributed by atoms with Gasteiger partial charge >= 0.3 is 0 Å². The van der Waals surface area contributed by atoms with Gasteiger partial charge in [-0.1, -0.05) is 11.8 Å². The molecular weight excluding hydrogens is 394 g/mol. The van der Waals surface area contributed by atoms with E-state index in [9.17, 15) is 9.59 Å². The van der Waals surface area contributed by atoms with Crippen LogP contribution in [-0.4, -0.2) is 51.4 Å². The minimum absolute atomic E-state index is 0.0514. The monoisotopic (exact) mass is 421 g/mol. The number of fused-ring (bicyclic) bond motifs is 3. The highest BCUT2D eigenvalue weighted by Crippen LogP contribution is 2.34. The number of amides is 1. The van der Waals surface area contributed by atoms with Crippen LogP contribution in [0.4, 0.5) is 0 Å². The van der Waals surface area contributed by atoms with Crippen molar-refractivity contribution >= 4 is 39.2 Å². The van der Waals surface area contributed by atoms with Crippen LogP contribution in [0.15, 0.2) is 9.95 Å². The van der Waals surface area contributed by atoms with Gasteiger partial charge in [0, 0.05) is 24.5 Å². The first kappa shape index (κ1) is 19.9. The topological polar surface area (TPSA) is 64.4 Å². The number of nitrogens with zero attached hydrogens (tertiary/aromatic N) is 3. The van der Waals surface area contributed by atoms with Gasteiger partial charge in [0.05, 0.1) is 23.3 Å². The Balaban J connectivity index is 1.58. The molecule has 1 aliphatic heterocycles. The van der Waals surface area contributed by atoms with Crippen LogP contribution in [-0.2, 0) is 28.9 Å². The molecule has 0 spiro atoms. The number of hydrogen-bond acceptors (Lipinski definition) is 6. The van der Waals surface area contributed by atoms with Gasteiger partial charge in [0.25, 0.3) is 5.56 Å². The van der Waals surface area contributed by atoms with E-state index in [0.29, 0.717) is 30.5 Å². The Hall–Kier alpha value is -1.38. The van der Waals surface area contributed by atoms with Gasteiger partial charge in [0.2, 0.25) is 5.91 Å². The normalized spacial score (nSPS) is 22.5. The molecule has 2 aliphatic rings. The number of carbonyl (C=O) groups is 1. The average molecular weight is 422 g/mol. The Morgan fingerprint density at radius 3 is 2.68 bits per heavy atom. The Morgan fingerprint density at radius 1 is 1.25 bits per heavy atom. The van der Waals surface area contributed by atoms with Gasteiger partial charge in [-0.25, -0.2) is 4.98 Å². The minimum Gasteiger partial charge on any atom is -0.372 e. The molecule has 0 unspecified atom stereocenters. The number of ether oxygens (including phenoxy) is 1. The maximum atomic E-state index is 13.2. The molecule has 0 N–H and O–H groups in total. The van der Waals surface area contributed by atoms with E-state index < -0.39 is 0 Å². The van der Waals surface area contributed by atoms with Crippen LogP contribution in [0.1, 0.15) is 44.1 Å². The molecule has 2 aromatic rings. The number of aromatic nitrogens is 2. The van der Waals surface area contributed by atoms with E-state index in [4.69, 9.17) is 9.72 Å². The van der Waals surface area contributed by atoms with Crippen molar-refractivity contribution in [1.29, 1.82) is 0 Å². The zero-order valence-corrected chi connectivity index (χ0v) is 18.3. The fourth-order valence-corrected chi connectivity index (χ4v) is 6.48. The molecule has 1 amide bonds. The lowest BCUT2D eigenvalue weighted by Crippen LogP contribution is -2.48. The Labute approximate surface area is 173 Å². The standard InChI is InChI=1S/C20H27N3O3S2/c1-4-23-19(25)17-14-7-5-6-8-15(14)28-18(17)21-20(23)27-11-16(24)22-9-12(2)26-13(3)10-22/h12-13H,4-11H2,1-3H3/t12-,13+. The summed E-state index contributed by atoms with van der Waals surface area (Å²) in [5.74, 6) is 0.372. The van der Waals surface area contributed by atoms with Crippen molar-refractivity contribution < 1.29 is 9.53 Å². The SMILES string of the molecule is CCn1c(SCC(=O)N2C[C@@H](C)O[C@@H](C)C2)nc2sc3c(c2c1=O)CCCC3. The van der Waals surface area contributed by atoms with Gasteiger partial charge in [0.15, 0.2) is 5.16 Å². The van der Waals surface area contributed by atoms with Crippen molar-refractivity contribution in [3.8, 4) is 0 Å². The van der Waals surface area contributed by atoms with Crippen LogP contribution >= 0.6 is 23.1 Å². The molecule has 152 valence electrons. The molecular formula is C20H27N3O3S2. The summed E-state index contributed by atoms with van der Waals surface area (Å²) in [5.41, 5.74) is 1.27. The third-order valence-electron chi connectivity index (χ3n) is 5.45. The fraction of sp³-hybridized carbons (Fsp3) is 0.650. The highest BCUT2D eigenvalue weighted by atomic mass is 32.2. The molecule has 3 heterocycles. The summed E-state index contributed by atoms with van der Waals surface area (Å²) in [6, 6.07) is 0. The van der Waals surface area contributed by atoms with E-state index in [2.05, 4.69) is 0 Å². The minimum atomic E-state index is 0.0514. The van der Waals surface area contributed by atoms with Gasteiger partial charge in [-0.15, -0.1) is 11.3 Å². The summed E-state index contributed by atoms with van der Waals surface area (Å²) in [4.78, 5) is 34.7. The fourth-order valence-electron chi connectivity index (χ4n) is 4.21. The Bertz CT molecular complexity index is 942. The number of hydrogen-bond donors (Lipinski definition) is 0. The summed E-state index contributed by atoms with van der Waals surface area (Å²) in [6.07, 6.45) is 4.47. The van der Waals surface area contributed by atoms with Crippen LogP contribution in [0.3, 0.4) is 0 Å². The number of carbonyl (C=O) groups excluding carboxylic acids is 1. The maximum Gasteiger partial charge on any atom is 0.263 e. The molecule has 1 fully saturated rings. The largest absolute Gasteiger partial charge is 0.372 e. The lowest BCUT2D eigenvalue weighted by atomic mass is 9.97. The van der Waals surface area contributed by atoms with E-state index in [0.717, 1.165) is 29.5 Å². The van der Waals surface area contributed by atoms with E-state index in [1.54, 1.807) is 15.9 Å². The summed E-state index contributed by atoms with van der Waals surface area (Å²) in [7, 11) is 0. The van der Waals surface area contributed by atoms with Crippen molar-refractivity contribution in [1.82, 2.24) is 14.5 Å². The average Bonchev–Trinajstić information content (AvgIpc) is 3.04. The predicted octanol–water partition coefficient (Wildman–Crippen LogP) is 3.08. The van der Waals surface area contributed by atoms with Crippen LogP contribution in [0.5, 0.6) is 0 Å². The van der Waals surface area contributed by atoms with E-state index >= 15 is 0 Å². The molecule has 2 atom stereocenters. The third-order valence-corrected chi connectivity index (χ3v) is 7.60. The second kappa shape index (κ2) is 8.16. The van der Waals surface area contributed by atoms with Crippen molar-refractivity contribution in [2.75, 3.05) is 18.8 Å². The van der Waals surface area contributed by atoms with Crippen molar-refractivity contribution in [2.45, 2.75) is 70.4 Å². The first-order chi connectivity index (χ1) is 13.5. The molecule has 0 bridgehead atoms. The molecule has 6 nitrogen and oxygen atoms in total. The molecule has 1 aliphatic carbocycles. The zero-order chi connectivity index (χ0) is 19.8. The van der Waals surface area contributed by atoms with Crippen molar-refractivity contribution in [3.63, 3.8) is 0 Å². The van der Waals surface area contributed by atoms with Crippen molar-refractivity contribution in [3.05, 3.63) is 20.8 Å². The lowest BCUT2D eigenvalue weighted by molar-refractivity contribution is -0.140. The molecule has 1 saturated heterocycles. The first-order valence-electron chi connectivity index (χ1n) is 10.1. The highest BCUT2D eigenvalue weighted by molar-refractivity contribution is 7.99. The van der Waals surface area contributed by atoms with Gasteiger partial charge < -0.3 is 9.64 Å². The number of rotatable bonds is 4. The molecule has 8 heteroatoms. The van der Waals surface area contributed by atoms with Gasteiger partial charge in [-0.05, 0) is 52.0 Å². The summed E-state index contributed by atoms with van der Waals surface area (Å²) >= 11 is 3.04. The molecule has 4 rings (SSSR count). The van der Waals surface area contributed by atoms with Crippen molar-refractivity contribution in [2.24, 2.45) is 0 Å². The van der Waals surface area contributed by atoms with Gasteiger partial charge in [-0.3, -0.25) is 14.2 Å². The number of thioether (sulfide) groups is 1. The summed E-state index contributed by atoms with van der Waals surface area (Å²) in [5, 5.41) is 1.47. The Kier molecular flexibility index (Phi) is 5.81. The van der Waals surface area contributed by atoms with Crippen LogP contribution in [0.2, 0.25) is 0 Å². The third kappa shape index (κ3) is 3.74. The van der Waals surface area contributed by atoms with E-state index in [1.807, 2.05) is 25.7 Å². The maximum absolute atomic E-state index is 13.2. The Morgan fingerprint density at radius 2 is 1.96 bits per heavy atom. The van der Waals surface area contributed by atoms with E-state index in [-0.39, 0.29) is 23.7 Å². The summed E-state index contributed by atoms with van der Waals surface area (Å²) < 4.78 is 7.44. The predicted molar refractivity (Wildman–Crippen MR) is 114 cm³/mol. The van der Waals surface area contributed by atoms with Crippen LogP contribution < -0.4 is 5.56 Å². The van der Waals surface area contributed by atoms with E-state index in [1.165, 1.54) is 28.6 Å². The van der Waals surface area contributed by atoms with Gasteiger partial charge in [0.1, 0.15) is 4.83 Å². The number of thiophene rings is 1. The molecule has 28 heavy (non-hydrogen) atoms. The molecule has 0 saturated carbocycles. The van der Waals surface area contributed by atoms with Crippen LogP contribution in [0.25, 0.3) is 10.2 Å². The molecule has 2 aromatic heterocycles. The quantitative estimate of drug-likeness (QED) is 0.561. The first-order valence-corrected chi connectivity index (χ1v) is 11.9. The number of morpholine rings is 1. The van der Waals surface area contributed by atoms with Crippen LogP contribution in [0, 0.1) is 0 Å². The summed E-state index contributed by atoms with van der Waals surface area (Å²) in [6.45, 7) is 7.75. The number of aryl methyl sites for hydroxylation is 2. The van der Waals surface area contributed by atoms with Gasteiger partial charge in [-0.2, -0.15) is 0 Å². The second-order valence-corrected chi connectivity index (χ2v) is 9.71.